The molecular formula is C16H14O3. The van der Waals surface area contributed by atoms with Crippen LogP contribution in [-0.2, 0) is 9.53 Å². The summed E-state index contributed by atoms with van der Waals surface area (Å²) in [5.74, 6) is -1.14. The monoisotopic (exact) mass is 254 g/mol. The van der Waals surface area contributed by atoms with Gasteiger partial charge in [0.05, 0.1) is 7.11 Å². The van der Waals surface area contributed by atoms with Crippen LogP contribution in [0.2, 0.25) is 0 Å². The molecule has 2 aromatic rings. The minimum Gasteiger partial charge on any atom is -0.489 e. The van der Waals surface area contributed by atoms with Gasteiger partial charge in [0, 0.05) is 5.57 Å². The molecule has 0 unspecified atom stereocenters. The minimum atomic E-state index is -1.08. The highest BCUT2D eigenvalue weighted by atomic mass is 16.5. The van der Waals surface area contributed by atoms with E-state index in [2.05, 4.69) is 0 Å². The topological polar surface area (TPSA) is 46.5 Å². The van der Waals surface area contributed by atoms with E-state index in [1.807, 2.05) is 60.7 Å². The van der Waals surface area contributed by atoms with E-state index in [1.165, 1.54) is 7.11 Å². The molecule has 3 heteroatoms. The zero-order valence-corrected chi connectivity index (χ0v) is 10.5. The van der Waals surface area contributed by atoms with Crippen molar-refractivity contribution < 1.29 is 14.6 Å². The van der Waals surface area contributed by atoms with Gasteiger partial charge >= 0.3 is 5.97 Å². The van der Waals surface area contributed by atoms with E-state index in [1.54, 1.807) is 0 Å². The lowest BCUT2D eigenvalue weighted by molar-refractivity contribution is -0.135. The summed E-state index contributed by atoms with van der Waals surface area (Å²) in [6.07, 6.45) is 0. The summed E-state index contributed by atoms with van der Waals surface area (Å²) in [7, 11) is 1.37. The maximum Gasteiger partial charge on any atom is 0.371 e. The summed E-state index contributed by atoms with van der Waals surface area (Å²) in [4.78, 5) is 11.3. The molecule has 0 bridgehead atoms. The predicted molar refractivity (Wildman–Crippen MR) is 73.6 cm³/mol. The van der Waals surface area contributed by atoms with Gasteiger partial charge in [-0.1, -0.05) is 60.7 Å². The number of ether oxygens (including phenoxy) is 1. The van der Waals surface area contributed by atoms with Crippen LogP contribution < -0.4 is 0 Å². The highest BCUT2D eigenvalue weighted by Crippen LogP contribution is 2.27. The van der Waals surface area contributed by atoms with Gasteiger partial charge in [0.1, 0.15) is 0 Å². The van der Waals surface area contributed by atoms with Gasteiger partial charge in [-0.3, -0.25) is 0 Å². The Morgan fingerprint density at radius 2 is 1.32 bits per heavy atom. The summed E-state index contributed by atoms with van der Waals surface area (Å²) in [6.45, 7) is 0. The normalized spacial score (nSPS) is 9.74. The number of hydrogen-bond acceptors (Lipinski definition) is 2. The Hall–Kier alpha value is -2.55. The van der Waals surface area contributed by atoms with E-state index in [0.29, 0.717) is 5.57 Å². The van der Waals surface area contributed by atoms with Crippen molar-refractivity contribution in [3.8, 4) is 0 Å². The fourth-order valence-electron chi connectivity index (χ4n) is 1.93. The number of rotatable bonds is 4. The molecule has 0 aliphatic carbocycles. The van der Waals surface area contributed by atoms with Crippen LogP contribution in [0.1, 0.15) is 11.1 Å². The second-order valence-corrected chi connectivity index (χ2v) is 3.95. The van der Waals surface area contributed by atoms with E-state index in [9.17, 15) is 9.90 Å². The maximum absolute atomic E-state index is 11.3. The van der Waals surface area contributed by atoms with E-state index in [0.717, 1.165) is 11.1 Å². The number of benzene rings is 2. The smallest absolute Gasteiger partial charge is 0.371 e. The molecule has 0 atom stereocenters. The van der Waals surface area contributed by atoms with Crippen LogP contribution in [0.3, 0.4) is 0 Å². The van der Waals surface area contributed by atoms with Crippen molar-refractivity contribution in [2.24, 2.45) is 0 Å². The molecule has 0 amide bonds. The Bertz CT molecular complexity index is 544. The average Bonchev–Trinajstić information content (AvgIpc) is 2.46. The Kier molecular flexibility index (Phi) is 3.98. The summed E-state index contributed by atoms with van der Waals surface area (Å²) in [5.41, 5.74) is 2.21. The standard InChI is InChI=1S/C16H14O3/c1-19-15(16(17)18)14(12-8-4-2-5-9-12)13-10-6-3-7-11-13/h2-11H,1H3,(H,17,18). The Balaban J connectivity index is 2.68. The first-order valence-corrected chi connectivity index (χ1v) is 5.86. The number of carboxylic acids is 1. The third kappa shape index (κ3) is 2.83. The number of methoxy groups -OCH3 is 1. The first-order chi connectivity index (χ1) is 9.24. The molecule has 3 nitrogen and oxygen atoms in total. The molecule has 19 heavy (non-hydrogen) atoms. The van der Waals surface area contributed by atoms with Gasteiger partial charge in [0.25, 0.3) is 0 Å². The van der Waals surface area contributed by atoms with Crippen LogP contribution in [-0.4, -0.2) is 18.2 Å². The molecule has 0 aliphatic heterocycles. The van der Waals surface area contributed by atoms with E-state index < -0.39 is 5.97 Å². The van der Waals surface area contributed by atoms with Gasteiger partial charge in [-0.05, 0) is 11.1 Å². The van der Waals surface area contributed by atoms with Gasteiger partial charge in [0.15, 0.2) is 0 Å². The van der Waals surface area contributed by atoms with Crippen molar-refractivity contribution in [3.05, 3.63) is 77.5 Å². The molecule has 96 valence electrons. The highest BCUT2D eigenvalue weighted by Gasteiger charge is 2.18. The van der Waals surface area contributed by atoms with Gasteiger partial charge in [0.2, 0.25) is 5.76 Å². The van der Waals surface area contributed by atoms with E-state index >= 15 is 0 Å². The van der Waals surface area contributed by atoms with Crippen LogP contribution in [0.5, 0.6) is 0 Å². The third-order valence-electron chi connectivity index (χ3n) is 2.75. The largest absolute Gasteiger partial charge is 0.489 e. The molecule has 2 aromatic carbocycles. The van der Waals surface area contributed by atoms with Crippen molar-refractivity contribution in [1.82, 2.24) is 0 Å². The summed E-state index contributed by atoms with van der Waals surface area (Å²) in [5, 5.41) is 9.28. The molecule has 0 aliphatic rings. The molecule has 0 fully saturated rings. The molecule has 0 aromatic heterocycles. The Morgan fingerprint density at radius 3 is 1.63 bits per heavy atom. The van der Waals surface area contributed by atoms with Crippen LogP contribution >= 0.6 is 0 Å². The zero-order chi connectivity index (χ0) is 13.7. The molecule has 0 saturated heterocycles. The maximum atomic E-state index is 11.3. The third-order valence-corrected chi connectivity index (χ3v) is 2.75. The van der Waals surface area contributed by atoms with E-state index in [-0.39, 0.29) is 5.76 Å². The number of carboxylic acid groups (broad SMARTS) is 1. The van der Waals surface area contributed by atoms with Crippen molar-refractivity contribution in [1.29, 1.82) is 0 Å². The number of hydrogen-bond donors (Lipinski definition) is 1. The molecule has 0 radical (unpaired) electrons. The molecule has 2 rings (SSSR count). The highest BCUT2D eigenvalue weighted by molar-refractivity contribution is 5.98. The Morgan fingerprint density at radius 1 is 0.895 bits per heavy atom. The molecule has 0 spiro atoms. The van der Waals surface area contributed by atoms with Crippen LogP contribution in [0.15, 0.2) is 66.4 Å². The summed E-state index contributed by atoms with van der Waals surface area (Å²) >= 11 is 0. The van der Waals surface area contributed by atoms with Gasteiger partial charge in [-0.25, -0.2) is 4.79 Å². The van der Waals surface area contributed by atoms with E-state index in [4.69, 9.17) is 4.74 Å². The van der Waals surface area contributed by atoms with Gasteiger partial charge in [-0.2, -0.15) is 0 Å². The minimum absolute atomic E-state index is 0.0580. The van der Waals surface area contributed by atoms with Crippen molar-refractivity contribution >= 4 is 11.5 Å². The number of aliphatic carboxylic acids is 1. The second kappa shape index (κ2) is 5.87. The molecule has 0 saturated carbocycles. The fourth-order valence-corrected chi connectivity index (χ4v) is 1.93. The van der Waals surface area contributed by atoms with Crippen LogP contribution in [0.4, 0.5) is 0 Å². The van der Waals surface area contributed by atoms with Gasteiger partial charge < -0.3 is 9.84 Å². The van der Waals surface area contributed by atoms with Crippen molar-refractivity contribution in [3.63, 3.8) is 0 Å². The fraction of sp³-hybridized carbons (Fsp3) is 0.0625. The predicted octanol–water partition coefficient (Wildman–Crippen LogP) is 3.18. The lowest BCUT2D eigenvalue weighted by Crippen LogP contribution is -2.07. The second-order valence-electron chi connectivity index (χ2n) is 3.95. The summed E-state index contributed by atoms with van der Waals surface area (Å²) in [6, 6.07) is 18.7. The average molecular weight is 254 g/mol. The first-order valence-electron chi connectivity index (χ1n) is 5.86. The molecule has 1 N–H and O–H groups in total. The van der Waals surface area contributed by atoms with Gasteiger partial charge in [-0.15, -0.1) is 0 Å². The van der Waals surface area contributed by atoms with Crippen molar-refractivity contribution in [2.45, 2.75) is 0 Å². The molecule has 0 heterocycles. The first kappa shape index (κ1) is 12.9. The quantitative estimate of drug-likeness (QED) is 0.673. The van der Waals surface area contributed by atoms with Crippen LogP contribution in [0, 0.1) is 0 Å². The zero-order valence-electron chi connectivity index (χ0n) is 10.5. The lowest BCUT2D eigenvalue weighted by Gasteiger charge is -2.12. The van der Waals surface area contributed by atoms with Crippen LogP contribution in [0.25, 0.3) is 5.57 Å². The lowest BCUT2D eigenvalue weighted by atomic mass is 9.96. The SMILES string of the molecule is COC(C(=O)O)=C(c1ccccc1)c1ccccc1. The number of carbonyl (C=O) groups is 1. The summed E-state index contributed by atoms with van der Waals surface area (Å²) < 4.78 is 5.06. The van der Waals surface area contributed by atoms with Crippen molar-refractivity contribution in [2.75, 3.05) is 7.11 Å². The Labute approximate surface area is 111 Å². The molecular weight excluding hydrogens is 240 g/mol.